The van der Waals surface area contributed by atoms with E-state index >= 15 is 0 Å². The summed E-state index contributed by atoms with van der Waals surface area (Å²) in [6.07, 6.45) is 1.73. The lowest BCUT2D eigenvalue weighted by Gasteiger charge is -2.08. The molecule has 5 heteroatoms. The van der Waals surface area contributed by atoms with Crippen molar-refractivity contribution < 1.29 is 14.8 Å². The smallest absolute Gasteiger partial charge is 0.487 e. The fourth-order valence-electron chi connectivity index (χ4n) is 1.56. The molecule has 0 saturated carbocycles. The Labute approximate surface area is 106 Å². The standard InChI is InChI=1S/C13H14BNO3/c1-10-3-2-8-15-13(10)9-18-12-6-4-11(5-7-12)14(16)17/h2-8,16-17H,9H2,1H3. The zero-order valence-electron chi connectivity index (χ0n) is 10.1. The van der Waals surface area contributed by atoms with Gasteiger partial charge in [0.05, 0.1) is 5.69 Å². The van der Waals surface area contributed by atoms with Gasteiger partial charge >= 0.3 is 7.12 Å². The fourth-order valence-corrected chi connectivity index (χ4v) is 1.56. The molecule has 0 amide bonds. The predicted octanol–water partition coefficient (Wildman–Crippen LogP) is 0.649. The molecule has 2 N–H and O–H groups in total. The number of benzene rings is 1. The van der Waals surface area contributed by atoms with Gasteiger partial charge in [-0.25, -0.2) is 0 Å². The zero-order valence-corrected chi connectivity index (χ0v) is 10.1. The summed E-state index contributed by atoms with van der Waals surface area (Å²) in [5.74, 6) is 0.671. The van der Waals surface area contributed by atoms with Crippen molar-refractivity contribution in [2.75, 3.05) is 0 Å². The summed E-state index contributed by atoms with van der Waals surface area (Å²) >= 11 is 0. The minimum atomic E-state index is -1.45. The first kappa shape index (κ1) is 12.6. The largest absolute Gasteiger partial charge is 0.488 e. The van der Waals surface area contributed by atoms with Crippen LogP contribution in [0.5, 0.6) is 5.75 Å². The predicted molar refractivity (Wildman–Crippen MR) is 69.6 cm³/mol. The molecular weight excluding hydrogens is 229 g/mol. The van der Waals surface area contributed by atoms with E-state index in [9.17, 15) is 0 Å². The van der Waals surface area contributed by atoms with Crippen LogP contribution in [0.3, 0.4) is 0 Å². The van der Waals surface area contributed by atoms with E-state index in [4.69, 9.17) is 14.8 Å². The van der Waals surface area contributed by atoms with Gasteiger partial charge in [0, 0.05) is 6.20 Å². The summed E-state index contributed by atoms with van der Waals surface area (Å²) in [6, 6.07) is 10.5. The molecule has 0 unspecified atom stereocenters. The summed E-state index contributed by atoms with van der Waals surface area (Å²) < 4.78 is 5.58. The van der Waals surface area contributed by atoms with Crippen LogP contribution in [0.15, 0.2) is 42.6 Å². The molecule has 0 spiro atoms. The van der Waals surface area contributed by atoms with Gasteiger partial charge in [-0.3, -0.25) is 4.98 Å². The third kappa shape index (κ3) is 3.09. The number of hydrogen-bond acceptors (Lipinski definition) is 4. The van der Waals surface area contributed by atoms with E-state index in [0.717, 1.165) is 11.3 Å². The van der Waals surface area contributed by atoms with Crippen molar-refractivity contribution in [3.8, 4) is 5.75 Å². The molecule has 4 nitrogen and oxygen atoms in total. The first-order chi connectivity index (χ1) is 8.66. The van der Waals surface area contributed by atoms with Crippen molar-refractivity contribution in [2.24, 2.45) is 0 Å². The average Bonchev–Trinajstić information content (AvgIpc) is 2.38. The average molecular weight is 243 g/mol. The van der Waals surface area contributed by atoms with Crippen molar-refractivity contribution in [3.05, 3.63) is 53.9 Å². The molecule has 18 heavy (non-hydrogen) atoms. The van der Waals surface area contributed by atoms with Crippen LogP contribution in [0.2, 0.25) is 0 Å². The molecule has 0 bridgehead atoms. The Morgan fingerprint density at radius 1 is 1.17 bits per heavy atom. The zero-order chi connectivity index (χ0) is 13.0. The van der Waals surface area contributed by atoms with Crippen molar-refractivity contribution >= 4 is 12.6 Å². The Morgan fingerprint density at radius 3 is 2.50 bits per heavy atom. The third-order valence-corrected chi connectivity index (χ3v) is 2.67. The summed E-state index contributed by atoms with van der Waals surface area (Å²) in [7, 11) is -1.45. The molecule has 0 radical (unpaired) electrons. The molecule has 0 aliphatic heterocycles. The monoisotopic (exact) mass is 243 g/mol. The molecule has 0 saturated heterocycles. The van der Waals surface area contributed by atoms with Crippen LogP contribution in [0.1, 0.15) is 11.3 Å². The van der Waals surface area contributed by atoms with E-state index in [1.165, 1.54) is 0 Å². The van der Waals surface area contributed by atoms with E-state index in [1.54, 1.807) is 30.5 Å². The molecule has 1 aromatic carbocycles. The summed E-state index contributed by atoms with van der Waals surface area (Å²) in [5, 5.41) is 17.9. The summed E-state index contributed by atoms with van der Waals surface area (Å²) in [5.41, 5.74) is 2.42. The highest BCUT2D eigenvalue weighted by Gasteiger charge is 2.10. The van der Waals surface area contributed by atoms with Crippen molar-refractivity contribution in [1.29, 1.82) is 0 Å². The Hall–Kier alpha value is -1.85. The molecule has 2 aromatic rings. The molecule has 1 aromatic heterocycles. The van der Waals surface area contributed by atoms with Crippen LogP contribution in [-0.2, 0) is 6.61 Å². The second kappa shape index (κ2) is 5.66. The van der Waals surface area contributed by atoms with Gasteiger partial charge in [-0.05, 0) is 36.1 Å². The number of ether oxygens (including phenoxy) is 1. The lowest BCUT2D eigenvalue weighted by atomic mass is 9.80. The first-order valence-corrected chi connectivity index (χ1v) is 5.66. The molecule has 0 atom stereocenters. The van der Waals surface area contributed by atoms with E-state index in [0.29, 0.717) is 17.8 Å². The van der Waals surface area contributed by atoms with E-state index in [2.05, 4.69) is 4.98 Å². The van der Waals surface area contributed by atoms with Gasteiger partial charge in [0.15, 0.2) is 0 Å². The van der Waals surface area contributed by atoms with Gasteiger partial charge in [-0.15, -0.1) is 0 Å². The van der Waals surface area contributed by atoms with E-state index in [-0.39, 0.29) is 0 Å². The number of aryl methyl sites for hydroxylation is 1. The maximum absolute atomic E-state index is 8.96. The summed E-state index contributed by atoms with van der Waals surface area (Å²) in [4.78, 5) is 4.23. The van der Waals surface area contributed by atoms with Gasteiger partial charge in [0.2, 0.25) is 0 Å². The summed E-state index contributed by atoms with van der Waals surface area (Å²) in [6.45, 7) is 2.38. The van der Waals surface area contributed by atoms with Gasteiger partial charge in [-0.2, -0.15) is 0 Å². The Morgan fingerprint density at radius 2 is 1.89 bits per heavy atom. The Kier molecular flexibility index (Phi) is 3.97. The van der Waals surface area contributed by atoms with Crippen LogP contribution in [-0.4, -0.2) is 22.2 Å². The maximum Gasteiger partial charge on any atom is 0.488 e. The second-order valence-corrected chi connectivity index (χ2v) is 4.00. The number of pyridine rings is 1. The molecule has 1 heterocycles. The Bertz CT molecular complexity index is 514. The molecule has 92 valence electrons. The van der Waals surface area contributed by atoms with E-state index in [1.807, 2.05) is 19.1 Å². The normalized spacial score (nSPS) is 10.2. The molecular formula is C13H14BNO3. The molecule has 2 rings (SSSR count). The fraction of sp³-hybridized carbons (Fsp3) is 0.154. The lowest BCUT2D eigenvalue weighted by Crippen LogP contribution is -2.29. The van der Waals surface area contributed by atoms with Crippen molar-refractivity contribution in [1.82, 2.24) is 4.98 Å². The van der Waals surface area contributed by atoms with Crippen LogP contribution in [0.4, 0.5) is 0 Å². The number of nitrogens with zero attached hydrogens (tertiary/aromatic N) is 1. The highest BCUT2D eigenvalue weighted by molar-refractivity contribution is 6.58. The molecule has 0 aliphatic carbocycles. The van der Waals surface area contributed by atoms with Gasteiger partial charge < -0.3 is 14.8 Å². The highest BCUT2D eigenvalue weighted by Crippen LogP contribution is 2.11. The maximum atomic E-state index is 8.96. The minimum Gasteiger partial charge on any atom is -0.487 e. The lowest BCUT2D eigenvalue weighted by molar-refractivity contribution is 0.300. The molecule has 0 aliphatic rings. The van der Waals surface area contributed by atoms with Crippen molar-refractivity contribution in [3.63, 3.8) is 0 Å². The van der Waals surface area contributed by atoms with Crippen LogP contribution in [0, 0.1) is 6.92 Å². The minimum absolute atomic E-state index is 0.397. The third-order valence-electron chi connectivity index (χ3n) is 2.67. The van der Waals surface area contributed by atoms with Gasteiger partial charge in [-0.1, -0.05) is 18.2 Å². The second-order valence-electron chi connectivity index (χ2n) is 4.00. The number of rotatable bonds is 4. The van der Waals surface area contributed by atoms with Gasteiger partial charge in [0.1, 0.15) is 12.4 Å². The van der Waals surface area contributed by atoms with E-state index < -0.39 is 7.12 Å². The quantitative estimate of drug-likeness (QED) is 0.774. The van der Waals surface area contributed by atoms with Crippen LogP contribution >= 0.6 is 0 Å². The first-order valence-electron chi connectivity index (χ1n) is 5.66. The number of aromatic nitrogens is 1. The van der Waals surface area contributed by atoms with Crippen LogP contribution in [0.25, 0.3) is 0 Å². The Balaban J connectivity index is 2.00. The van der Waals surface area contributed by atoms with Gasteiger partial charge in [0.25, 0.3) is 0 Å². The topological polar surface area (TPSA) is 62.6 Å². The molecule has 0 fully saturated rings. The SMILES string of the molecule is Cc1cccnc1COc1ccc(B(O)O)cc1. The highest BCUT2D eigenvalue weighted by atomic mass is 16.5. The number of hydrogen-bond donors (Lipinski definition) is 2. The van der Waals surface area contributed by atoms with Crippen molar-refractivity contribution in [2.45, 2.75) is 13.5 Å². The van der Waals surface area contributed by atoms with Crippen LogP contribution < -0.4 is 10.2 Å².